The molecule has 1 N–H and O–H groups in total. The van der Waals surface area contributed by atoms with Crippen LogP contribution in [-0.2, 0) is 9.53 Å². The third-order valence-corrected chi connectivity index (χ3v) is 4.00. The molecule has 1 heterocycles. The Labute approximate surface area is 120 Å². The highest BCUT2D eigenvalue weighted by Crippen LogP contribution is 2.28. The molecule has 1 aromatic heterocycles. The van der Waals surface area contributed by atoms with Gasteiger partial charge in [-0.3, -0.25) is 5.32 Å². The summed E-state index contributed by atoms with van der Waals surface area (Å²) >= 11 is 4.96. The van der Waals surface area contributed by atoms with Gasteiger partial charge in [0.2, 0.25) is 0 Å². The number of esters is 1. The summed E-state index contributed by atoms with van der Waals surface area (Å²) in [4.78, 5) is 15.0. The van der Waals surface area contributed by atoms with Crippen molar-refractivity contribution in [3.8, 4) is 0 Å². The van der Waals surface area contributed by atoms with Crippen molar-refractivity contribution in [3.05, 3.63) is 20.8 Å². The first kappa shape index (κ1) is 15.6. The van der Waals surface area contributed by atoms with Gasteiger partial charge in [0.1, 0.15) is 6.04 Å². The monoisotopic (exact) mass is 334 g/mol. The van der Waals surface area contributed by atoms with Gasteiger partial charge in [0.05, 0.1) is 10.4 Å². The molecule has 0 aliphatic carbocycles. The summed E-state index contributed by atoms with van der Waals surface area (Å²) in [5.41, 5.74) is 0. The molecule has 6 heteroatoms. The molecule has 0 saturated carbocycles. The van der Waals surface area contributed by atoms with Crippen LogP contribution in [0.1, 0.15) is 17.8 Å². The molecule has 0 fully saturated rings. The van der Waals surface area contributed by atoms with Crippen LogP contribution in [0.5, 0.6) is 0 Å². The van der Waals surface area contributed by atoms with E-state index in [2.05, 4.69) is 26.1 Å². The van der Waals surface area contributed by atoms with E-state index in [0.717, 1.165) is 21.8 Å². The molecular formula is C12H19BrN2O2S. The SMILES string of the molecule is CCOC(=O)C(NCCN(C)C)c1ccc(Br)s1. The molecule has 4 nitrogen and oxygen atoms in total. The normalized spacial score (nSPS) is 12.7. The first-order chi connectivity index (χ1) is 8.54. The Morgan fingerprint density at radius 2 is 2.28 bits per heavy atom. The quantitative estimate of drug-likeness (QED) is 0.776. The maximum absolute atomic E-state index is 11.9. The van der Waals surface area contributed by atoms with Crippen molar-refractivity contribution < 1.29 is 9.53 Å². The molecule has 0 aliphatic heterocycles. The Hall–Kier alpha value is -0.430. The number of nitrogens with zero attached hydrogens (tertiary/aromatic N) is 1. The average Bonchev–Trinajstić information content (AvgIpc) is 2.71. The van der Waals surface area contributed by atoms with Gasteiger partial charge in [-0.15, -0.1) is 11.3 Å². The smallest absolute Gasteiger partial charge is 0.328 e. The van der Waals surface area contributed by atoms with E-state index in [0.29, 0.717) is 6.61 Å². The lowest BCUT2D eigenvalue weighted by molar-refractivity contribution is -0.145. The molecule has 0 aliphatic rings. The van der Waals surface area contributed by atoms with Gasteiger partial charge in [0.15, 0.2) is 0 Å². The van der Waals surface area contributed by atoms with Crippen molar-refractivity contribution in [3.63, 3.8) is 0 Å². The van der Waals surface area contributed by atoms with E-state index in [1.54, 1.807) is 11.3 Å². The zero-order valence-corrected chi connectivity index (χ0v) is 13.3. The van der Waals surface area contributed by atoms with Crippen molar-refractivity contribution >= 4 is 33.2 Å². The van der Waals surface area contributed by atoms with Gasteiger partial charge in [-0.05, 0) is 49.1 Å². The van der Waals surface area contributed by atoms with Crippen molar-refractivity contribution in [2.24, 2.45) is 0 Å². The molecule has 1 aromatic rings. The molecule has 18 heavy (non-hydrogen) atoms. The minimum atomic E-state index is -0.374. The van der Waals surface area contributed by atoms with Crippen LogP contribution in [0, 0.1) is 0 Å². The summed E-state index contributed by atoms with van der Waals surface area (Å²) in [6.45, 7) is 3.84. The van der Waals surface area contributed by atoms with E-state index in [1.165, 1.54) is 0 Å². The Balaban J connectivity index is 2.66. The van der Waals surface area contributed by atoms with E-state index in [-0.39, 0.29) is 12.0 Å². The van der Waals surface area contributed by atoms with Gasteiger partial charge in [-0.25, -0.2) is 4.79 Å². The van der Waals surface area contributed by atoms with Crippen LogP contribution in [0.3, 0.4) is 0 Å². The molecule has 1 unspecified atom stereocenters. The molecular weight excluding hydrogens is 316 g/mol. The maximum Gasteiger partial charge on any atom is 0.328 e. The van der Waals surface area contributed by atoms with E-state index in [9.17, 15) is 4.79 Å². The van der Waals surface area contributed by atoms with Crippen LogP contribution in [0.15, 0.2) is 15.9 Å². The number of thiophene rings is 1. The molecule has 0 radical (unpaired) electrons. The summed E-state index contributed by atoms with van der Waals surface area (Å²) in [7, 11) is 4.01. The van der Waals surface area contributed by atoms with Gasteiger partial charge in [0, 0.05) is 18.0 Å². The molecule has 0 aromatic carbocycles. The fourth-order valence-electron chi connectivity index (χ4n) is 1.44. The van der Waals surface area contributed by atoms with Crippen LogP contribution in [0.25, 0.3) is 0 Å². The van der Waals surface area contributed by atoms with Gasteiger partial charge in [-0.1, -0.05) is 0 Å². The fourth-order valence-corrected chi connectivity index (χ4v) is 2.93. The standard InChI is InChI=1S/C12H19BrN2O2S/c1-4-17-12(16)11(14-7-8-15(2)3)9-5-6-10(13)18-9/h5-6,11,14H,4,7-8H2,1-3H3. The lowest BCUT2D eigenvalue weighted by atomic mass is 10.2. The zero-order valence-electron chi connectivity index (χ0n) is 10.9. The van der Waals surface area contributed by atoms with Crippen molar-refractivity contribution in [1.29, 1.82) is 0 Å². The Morgan fingerprint density at radius 3 is 2.78 bits per heavy atom. The predicted octanol–water partition coefficient (Wildman–Crippen LogP) is 2.27. The lowest BCUT2D eigenvalue weighted by Crippen LogP contribution is -2.34. The molecule has 0 spiro atoms. The van der Waals surface area contributed by atoms with Crippen LogP contribution in [0.2, 0.25) is 0 Å². The summed E-state index contributed by atoms with van der Waals surface area (Å²) in [5.74, 6) is -0.217. The molecule has 0 bridgehead atoms. The zero-order chi connectivity index (χ0) is 13.5. The number of ether oxygens (including phenoxy) is 1. The van der Waals surface area contributed by atoms with Gasteiger partial charge >= 0.3 is 5.97 Å². The minimum Gasteiger partial charge on any atom is -0.465 e. The third-order valence-electron chi connectivity index (χ3n) is 2.31. The molecule has 0 saturated heterocycles. The molecule has 102 valence electrons. The number of carbonyl (C=O) groups is 1. The minimum absolute atomic E-state index is 0.217. The van der Waals surface area contributed by atoms with Crippen molar-refractivity contribution in [1.82, 2.24) is 10.2 Å². The fraction of sp³-hybridized carbons (Fsp3) is 0.583. The number of carbonyl (C=O) groups excluding carboxylic acids is 1. The highest BCUT2D eigenvalue weighted by Gasteiger charge is 2.22. The topological polar surface area (TPSA) is 41.6 Å². The maximum atomic E-state index is 11.9. The number of nitrogens with one attached hydrogen (secondary N) is 1. The number of likely N-dealkylation sites (N-methyl/N-ethyl adjacent to an activating group) is 1. The summed E-state index contributed by atoms with van der Waals surface area (Å²) in [6, 6.07) is 3.51. The first-order valence-electron chi connectivity index (χ1n) is 5.84. The second kappa shape index (κ2) is 7.89. The number of hydrogen-bond acceptors (Lipinski definition) is 5. The van der Waals surface area contributed by atoms with E-state index in [4.69, 9.17) is 4.74 Å². The first-order valence-corrected chi connectivity index (χ1v) is 7.45. The Morgan fingerprint density at radius 1 is 1.56 bits per heavy atom. The second-order valence-electron chi connectivity index (χ2n) is 4.08. The van der Waals surface area contributed by atoms with Gasteiger partial charge in [-0.2, -0.15) is 0 Å². The average molecular weight is 335 g/mol. The van der Waals surface area contributed by atoms with Crippen LogP contribution < -0.4 is 5.32 Å². The Bertz CT molecular complexity index is 382. The van der Waals surface area contributed by atoms with Gasteiger partial charge in [0.25, 0.3) is 0 Å². The predicted molar refractivity (Wildman–Crippen MR) is 77.9 cm³/mol. The molecule has 1 rings (SSSR count). The summed E-state index contributed by atoms with van der Waals surface area (Å²) in [5, 5.41) is 3.24. The van der Waals surface area contributed by atoms with E-state index in [1.807, 2.05) is 33.2 Å². The van der Waals surface area contributed by atoms with Crippen LogP contribution in [0.4, 0.5) is 0 Å². The van der Waals surface area contributed by atoms with E-state index < -0.39 is 0 Å². The summed E-state index contributed by atoms with van der Waals surface area (Å²) in [6.07, 6.45) is 0. The van der Waals surface area contributed by atoms with Crippen molar-refractivity contribution in [2.75, 3.05) is 33.8 Å². The summed E-state index contributed by atoms with van der Waals surface area (Å²) < 4.78 is 6.12. The molecule has 1 atom stereocenters. The second-order valence-corrected chi connectivity index (χ2v) is 6.58. The van der Waals surface area contributed by atoms with Crippen LogP contribution >= 0.6 is 27.3 Å². The highest BCUT2D eigenvalue weighted by atomic mass is 79.9. The number of rotatable bonds is 7. The van der Waals surface area contributed by atoms with Gasteiger partial charge < -0.3 is 9.64 Å². The number of hydrogen-bond donors (Lipinski definition) is 1. The van der Waals surface area contributed by atoms with E-state index >= 15 is 0 Å². The highest BCUT2D eigenvalue weighted by molar-refractivity contribution is 9.11. The number of halogens is 1. The third kappa shape index (κ3) is 5.06. The lowest BCUT2D eigenvalue weighted by Gasteiger charge is -2.17. The van der Waals surface area contributed by atoms with Crippen molar-refractivity contribution in [2.45, 2.75) is 13.0 Å². The molecule has 0 amide bonds. The van der Waals surface area contributed by atoms with Crippen LogP contribution in [-0.4, -0.2) is 44.7 Å². The largest absolute Gasteiger partial charge is 0.465 e. The Kier molecular flexibility index (Phi) is 6.85.